The second-order valence-electron chi connectivity index (χ2n) is 8.04. The van der Waals surface area contributed by atoms with Gasteiger partial charge in [0.1, 0.15) is 5.75 Å². The molecule has 2 atom stereocenters. The van der Waals surface area contributed by atoms with Crippen molar-refractivity contribution in [1.82, 2.24) is 10.1 Å². The number of rotatable bonds is 10. The van der Waals surface area contributed by atoms with Gasteiger partial charge in [-0.3, -0.25) is 16.0 Å². The molecule has 0 spiro atoms. The van der Waals surface area contributed by atoms with Crippen LogP contribution in [0.15, 0.2) is 22.7 Å². The summed E-state index contributed by atoms with van der Waals surface area (Å²) in [6, 6.07) is 5.57. The minimum atomic E-state index is -0.530. The highest BCUT2D eigenvalue weighted by atomic mass is 16.5. The predicted molar refractivity (Wildman–Crippen MR) is 115 cm³/mol. The maximum Gasteiger partial charge on any atom is 0.341 e. The lowest BCUT2D eigenvalue weighted by atomic mass is 10.1. The van der Waals surface area contributed by atoms with Crippen LogP contribution in [-0.4, -0.2) is 45.0 Å². The Balaban J connectivity index is 1.60. The summed E-state index contributed by atoms with van der Waals surface area (Å²) < 4.78 is 13.1. The van der Waals surface area contributed by atoms with E-state index in [1.165, 1.54) is 32.1 Å². The maximum atomic E-state index is 9.94. The SMILES string of the molecule is CCCCCCCCOc1ccc(-c2noc([C@@H]3C[C@H](O)C[N+]3=C(N)N)n2)cc1C. The van der Waals surface area contributed by atoms with Crippen molar-refractivity contribution in [3.63, 3.8) is 0 Å². The Hall–Kier alpha value is -2.61. The number of unbranched alkanes of at least 4 members (excludes halogenated alkanes) is 5. The lowest BCUT2D eigenvalue weighted by Gasteiger charge is -2.10. The molecule has 3 rings (SSSR count). The van der Waals surface area contributed by atoms with E-state index in [2.05, 4.69) is 17.1 Å². The molecule has 0 saturated carbocycles. The largest absolute Gasteiger partial charge is 0.493 e. The molecule has 8 heteroatoms. The van der Waals surface area contributed by atoms with Gasteiger partial charge in [-0.2, -0.15) is 4.98 Å². The van der Waals surface area contributed by atoms with Gasteiger partial charge in [0.25, 0.3) is 5.89 Å². The van der Waals surface area contributed by atoms with Crippen molar-refractivity contribution in [3.8, 4) is 17.1 Å². The number of ether oxygens (including phenoxy) is 1. The van der Waals surface area contributed by atoms with Crippen molar-refractivity contribution >= 4 is 5.96 Å². The van der Waals surface area contributed by atoms with E-state index in [4.69, 9.17) is 20.7 Å². The van der Waals surface area contributed by atoms with Crippen LogP contribution in [0.4, 0.5) is 0 Å². The first-order valence-corrected chi connectivity index (χ1v) is 10.9. The molecule has 2 heterocycles. The van der Waals surface area contributed by atoms with Crippen LogP contribution < -0.4 is 16.2 Å². The monoisotopic (exact) mass is 416 g/mol. The van der Waals surface area contributed by atoms with Crippen LogP contribution in [-0.2, 0) is 0 Å². The fourth-order valence-electron chi connectivity index (χ4n) is 3.84. The molecule has 1 fully saturated rings. The van der Waals surface area contributed by atoms with Gasteiger partial charge in [-0.15, -0.1) is 0 Å². The first-order chi connectivity index (χ1) is 14.5. The maximum absolute atomic E-state index is 9.94. The van der Waals surface area contributed by atoms with Crippen LogP contribution in [0.25, 0.3) is 11.4 Å². The third kappa shape index (κ3) is 5.50. The van der Waals surface area contributed by atoms with E-state index in [-0.39, 0.29) is 12.0 Å². The van der Waals surface area contributed by atoms with E-state index in [1.807, 2.05) is 25.1 Å². The Morgan fingerprint density at radius 2 is 2.00 bits per heavy atom. The van der Waals surface area contributed by atoms with E-state index >= 15 is 0 Å². The van der Waals surface area contributed by atoms with Gasteiger partial charge in [-0.1, -0.05) is 44.2 Å². The molecule has 1 aliphatic rings. The Bertz CT molecular complexity index is 860. The zero-order valence-corrected chi connectivity index (χ0v) is 18.0. The third-order valence-corrected chi connectivity index (χ3v) is 5.53. The number of aliphatic hydroxyl groups excluding tert-OH is 1. The zero-order valence-electron chi connectivity index (χ0n) is 18.0. The van der Waals surface area contributed by atoms with Crippen molar-refractivity contribution < 1.29 is 18.9 Å². The highest BCUT2D eigenvalue weighted by molar-refractivity contribution is 5.70. The molecular weight excluding hydrogens is 382 g/mol. The molecule has 5 N–H and O–H groups in total. The minimum Gasteiger partial charge on any atom is -0.493 e. The average molecular weight is 417 g/mol. The summed E-state index contributed by atoms with van der Waals surface area (Å²) in [4.78, 5) is 4.52. The van der Waals surface area contributed by atoms with Gasteiger partial charge in [-0.05, 0) is 37.1 Å². The number of β-amino-alcohol motifs (C(OH)–C–C–N with tert-alkyl or cyclic N) is 1. The quantitative estimate of drug-likeness (QED) is 0.309. The normalized spacial score (nSPS) is 18.7. The van der Waals surface area contributed by atoms with Crippen LogP contribution in [0.2, 0.25) is 0 Å². The summed E-state index contributed by atoms with van der Waals surface area (Å²) >= 11 is 0. The summed E-state index contributed by atoms with van der Waals surface area (Å²) in [7, 11) is 0. The number of aryl methyl sites for hydroxylation is 1. The standard InChI is InChI=1S/C22H33N5O3/c1-3-4-5-6-7-8-11-29-19-10-9-16(12-15(19)2)20-25-21(30-26-20)18-13-17(28)14-27(18)22(23)24/h9-10,12,17-18,28H,3-8,11,13-14H2,1-2H3,(H3,23,24)/p+1/t17-,18-/m0/s1. The van der Waals surface area contributed by atoms with E-state index in [0.29, 0.717) is 24.7 Å². The summed E-state index contributed by atoms with van der Waals surface area (Å²) in [6.07, 6.45) is 7.37. The first kappa shape index (κ1) is 22.1. The molecule has 0 unspecified atom stereocenters. The van der Waals surface area contributed by atoms with Crippen molar-refractivity contribution in [1.29, 1.82) is 0 Å². The lowest BCUT2D eigenvalue weighted by Crippen LogP contribution is -2.36. The van der Waals surface area contributed by atoms with Crippen molar-refractivity contribution in [2.24, 2.45) is 11.5 Å². The number of nitrogens with zero attached hydrogens (tertiary/aromatic N) is 3. The fourth-order valence-corrected chi connectivity index (χ4v) is 3.84. The van der Waals surface area contributed by atoms with E-state index in [1.54, 1.807) is 4.58 Å². The molecule has 30 heavy (non-hydrogen) atoms. The van der Waals surface area contributed by atoms with E-state index in [9.17, 15) is 5.11 Å². The van der Waals surface area contributed by atoms with Gasteiger partial charge in [-0.25, -0.2) is 0 Å². The molecule has 1 aliphatic heterocycles. The van der Waals surface area contributed by atoms with Crippen LogP contribution in [0, 0.1) is 6.92 Å². The molecule has 0 amide bonds. The number of aliphatic hydroxyl groups is 1. The van der Waals surface area contributed by atoms with E-state index < -0.39 is 6.10 Å². The van der Waals surface area contributed by atoms with Crippen LogP contribution in [0.1, 0.15) is 69.4 Å². The Morgan fingerprint density at radius 1 is 1.23 bits per heavy atom. The number of benzene rings is 1. The number of hydrogen-bond acceptors (Lipinski definition) is 5. The summed E-state index contributed by atoms with van der Waals surface area (Å²) in [5.74, 6) is 1.91. The number of nitrogens with two attached hydrogens (primary N) is 2. The van der Waals surface area contributed by atoms with E-state index in [0.717, 1.165) is 29.9 Å². The van der Waals surface area contributed by atoms with Crippen molar-refractivity contribution in [2.75, 3.05) is 13.2 Å². The Kier molecular flexibility index (Phi) is 7.68. The molecule has 0 bridgehead atoms. The van der Waals surface area contributed by atoms with Crippen molar-refractivity contribution in [3.05, 3.63) is 29.7 Å². The molecule has 1 saturated heterocycles. The molecule has 8 nitrogen and oxygen atoms in total. The van der Waals surface area contributed by atoms with Gasteiger partial charge in [0.05, 0.1) is 19.3 Å². The highest BCUT2D eigenvalue weighted by Gasteiger charge is 2.36. The van der Waals surface area contributed by atoms with Crippen LogP contribution >= 0.6 is 0 Å². The second kappa shape index (κ2) is 10.4. The Morgan fingerprint density at radius 3 is 2.73 bits per heavy atom. The fraction of sp³-hybridized carbons (Fsp3) is 0.591. The van der Waals surface area contributed by atoms with Gasteiger partial charge in [0, 0.05) is 12.0 Å². The van der Waals surface area contributed by atoms with Crippen LogP contribution in [0.3, 0.4) is 0 Å². The molecule has 1 aromatic carbocycles. The molecule has 1 aromatic heterocycles. The third-order valence-electron chi connectivity index (χ3n) is 5.53. The van der Waals surface area contributed by atoms with Gasteiger partial charge < -0.3 is 14.4 Å². The second-order valence-corrected chi connectivity index (χ2v) is 8.04. The predicted octanol–water partition coefficient (Wildman–Crippen LogP) is 2.88. The molecular formula is C22H34N5O3+. The molecule has 2 aromatic rings. The van der Waals surface area contributed by atoms with Gasteiger partial charge in [0.2, 0.25) is 5.82 Å². The minimum absolute atomic E-state index is 0.138. The summed E-state index contributed by atoms with van der Waals surface area (Å²) in [6.45, 7) is 5.33. The zero-order chi connectivity index (χ0) is 21.5. The summed E-state index contributed by atoms with van der Waals surface area (Å²) in [5.41, 5.74) is 13.3. The molecule has 164 valence electrons. The Labute approximate surface area is 177 Å². The number of aromatic nitrogens is 2. The van der Waals surface area contributed by atoms with Gasteiger partial charge in [0.15, 0.2) is 6.04 Å². The smallest absolute Gasteiger partial charge is 0.341 e. The van der Waals surface area contributed by atoms with Gasteiger partial charge >= 0.3 is 5.96 Å². The number of hydrogen-bond donors (Lipinski definition) is 3. The highest BCUT2D eigenvalue weighted by Crippen LogP contribution is 2.30. The number of guanidine groups is 1. The van der Waals surface area contributed by atoms with Crippen molar-refractivity contribution in [2.45, 2.75) is 70.9 Å². The summed E-state index contributed by atoms with van der Waals surface area (Å²) in [5, 5.41) is 14.0. The molecule has 0 aliphatic carbocycles. The lowest BCUT2D eigenvalue weighted by molar-refractivity contribution is -0.557. The topological polar surface area (TPSA) is 123 Å². The van der Waals surface area contributed by atoms with Crippen LogP contribution in [0.5, 0.6) is 5.75 Å². The molecule has 0 radical (unpaired) electrons. The average Bonchev–Trinajstić information content (AvgIpc) is 3.35. The first-order valence-electron chi connectivity index (χ1n) is 10.9.